The molecule has 0 aromatic heterocycles. The highest BCUT2D eigenvalue weighted by atomic mass is 16.7. The van der Waals surface area contributed by atoms with Gasteiger partial charge in [-0.25, -0.2) is 4.79 Å². The van der Waals surface area contributed by atoms with Crippen LogP contribution in [0.1, 0.15) is 15.9 Å². The maximum atomic E-state index is 12.4. The standard InChI is InChI=1S/C18H13NO6/c20-16-7-11-3-1-2-4-13(11)18(22)19(16)9-17(21)25-12-5-6-14-15(8-12)24-10-23-14/h1-6,8H,7,9-10H2. The molecular formula is C18H13NO6. The molecule has 0 aliphatic carbocycles. The Morgan fingerprint density at radius 2 is 1.88 bits per heavy atom. The van der Waals surface area contributed by atoms with E-state index in [1.807, 2.05) is 0 Å². The van der Waals surface area contributed by atoms with Gasteiger partial charge in [-0.3, -0.25) is 14.5 Å². The number of carbonyl (C=O) groups is 3. The minimum absolute atomic E-state index is 0.0826. The normalized spacial score (nSPS) is 15.1. The molecule has 0 saturated heterocycles. The summed E-state index contributed by atoms with van der Waals surface area (Å²) in [5, 5.41) is 0. The van der Waals surface area contributed by atoms with E-state index < -0.39 is 24.3 Å². The Hall–Kier alpha value is -3.35. The Morgan fingerprint density at radius 1 is 1.08 bits per heavy atom. The molecule has 126 valence electrons. The number of amides is 2. The van der Waals surface area contributed by atoms with Crippen LogP contribution in [0.15, 0.2) is 42.5 Å². The molecular weight excluding hydrogens is 326 g/mol. The molecule has 7 heteroatoms. The van der Waals surface area contributed by atoms with Gasteiger partial charge in [0.2, 0.25) is 12.7 Å². The van der Waals surface area contributed by atoms with Crippen LogP contribution in [-0.2, 0) is 16.0 Å². The van der Waals surface area contributed by atoms with Crippen molar-refractivity contribution in [1.82, 2.24) is 4.90 Å². The number of rotatable bonds is 3. The summed E-state index contributed by atoms with van der Waals surface area (Å²) in [7, 11) is 0. The van der Waals surface area contributed by atoms with E-state index in [1.54, 1.807) is 36.4 Å². The molecule has 0 radical (unpaired) electrons. The number of hydrogen-bond donors (Lipinski definition) is 0. The predicted molar refractivity (Wildman–Crippen MR) is 84.4 cm³/mol. The number of hydrogen-bond acceptors (Lipinski definition) is 6. The molecule has 2 aliphatic heterocycles. The van der Waals surface area contributed by atoms with E-state index in [0.29, 0.717) is 22.6 Å². The summed E-state index contributed by atoms with van der Waals surface area (Å²) in [6, 6.07) is 11.6. The summed E-state index contributed by atoms with van der Waals surface area (Å²) < 4.78 is 15.6. The van der Waals surface area contributed by atoms with Crippen LogP contribution in [0.3, 0.4) is 0 Å². The monoisotopic (exact) mass is 339 g/mol. The van der Waals surface area contributed by atoms with Gasteiger partial charge in [0.25, 0.3) is 5.91 Å². The molecule has 2 aliphatic rings. The second kappa shape index (κ2) is 5.94. The second-order valence-electron chi connectivity index (χ2n) is 5.61. The second-order valence-corrected chi connectivity index (χ2v) is 5.61. The zero-order valence-electron chi connectivity index (χ0n) is 13.1. The van der Waals surface area contributed by atoms with Gasteiger partial charge in [0.05, 0.1) is 6.42 Å². The van der Waals surface area contributed by atoms with Crippen LogP contribution in [0, 0.1) is 0 Å². The van der Waals surface area contributed by atoms with Crippen LogP contribution in [0.4, 0.5) is 0 Å². The number of ether oxygens (including phenoxy) is 3. The number of nitrogens with zero attached hydrogens (tertiary/aromatic N) is 1. The van der Waals surface area contributed by atoms with Gasteiger partial charge in [-0.1, -0.05) is 18.2 Å². The van der Waals surface area contributed by atoms with Crippen molar-refractivity contribution in [3.8, 4) is 17.2 Å². The first-order valence-corrected chi connectivity index (χ1v) is 7.65. The molecule has 7 nitrogen and oxygen atoms in total. The highest BCUT2D eigenvalue weighted by Crippen LogP contribution is 2.35. The summed E-state index contributed by atoms with van der Waals surface area (Å²) in [4.78, 5) is 37.7. The molecule has 2 heterocycles. The van der Waals surface area contributed by atoms with E-state index in [-0.39, 0.29) is 19.0 Å². The molecule has 0 N–H and O–H groups in total. The highest BCUT2D eigenvalue weighted by Gasteiger charge is 2.32. The van der Waals surface area contributed by atoms with Crippen LogP contribution in [0.2, 0.25) is 0 Å². The Morgan fingerprint density at radius 3 is 2.76 bits per heavy atom. The van der Waals surface area contributed by atoms with Crippen LogP contribution in [0.5, 0.6) is 17.2 Å². The Bertz CT molecular complexity index is 891. The molecule has 0 saturated carbocycles. The molecule has 0 unspecified atom stereocenters. The lowest BCUT2D eigenvalue weighted by atomic mass is 9.98. The number of esters is 1. The third-order valence-corrected chi connectivity index (χ3v) is 4.00. The molecule has 4 rings (SSSR count). The van der Waals surface area contributed by atoms with Crippen molar-refractivity contribution in [2.45, 2.75) is 6.42 Å². The quantitative estimate of drug-likeness (QED) is 0.479. The van der Waals surface area contributed by atoms with E-state index >= 15 is 0 Å². The third kappa shape index (κ3) is 2.80. The van der Waals surface area contributed by atoms with Gasteiger partial charge in [-0.2, -0.15) is 0 Å². The van der Waals surface area contributed by atoms with Gasteiger partial charge < -0.3 is 14.2 Å². The Labute approximate surface area is 142 Å². The molecule has 2 aromatic carbocycles. The molecule has 0 atom stereocenters. The van der Waals surface area contributed by atoms with Crippen molar-refractivity contribution in [1.29, 1.82) is 0 Å². The van der Waals surface area contributed by atoms with Gasteiger partial charge in [0, 0.05) is 11.6 Å². The molecule has 0 spiro atoms. The van der Waals surface area contributed by atoms with Crippen molar-refractivity contribution >= 4 is 17.8 Å². The van der Waals surface area contributed by atoms with Crippen LogP contribution >= 0.6 is 0 Å². The molecule has 25 heavy (non-hydrogen) atoms. The average Bonchev–Trinajstić information content (AvgIpc) is 3.06. The summed E-state index contributed by atoms with van der Waals surface area (Å²) in [5.41, 5.74) is 1.09. The summed E-state index contributed by atoms with van der Waals surface area (Å²) in [5.74, 6) is -0.325. The van der Waals surface area contributed by atoms with E-state index in [2.05, 4.69) is 0 Å². The molecule has 2 aromatic rings. The van der Waals surface area contributed by atoms with Crippen LogP contribution < -0.4 is 14.2 Å². The van der Waals surface area contributed by atoms with Gasteiger partial charge in [0.15, 0.2) is 11.5 Å². The van der Waals surface area contributed by atoms with Gasteiger partial charge >= 0.3 is 5.97 Å². The number of benzene rings is 2. The zero-order chi connectivity index (χ0) is 17.4. The van der Waals surface area contributed by atoms with E-state index in [4.69, 9.17) is 14.2 Å². The van der Waals surface area contributed by atoms with Crippen molar-refractivity contribution < 1.29 is 28.6 Å². The van der Waals surface area contributed by atoms with Crippen molar-refractivity contribution in [3.05, 3.63) is 53.6 Å². The summed E-state index contributed by atoms with van der Waals surface area (Å²) >= 11 is 0. The van der Waals surface area contributed by atoms with Crippen LogP contribution in [0.25, 0.3) is 0 Å². The average molecular weight is 339 g/mol. The zero-order valence-corrected chi connectivity index (χ0v) is 13.1. The first-order valence-electron chi connectivity index (χ1n) is 7.65. The predicted octanol–water partition coefficient (Wildman–Crippen LogP) is 1.55. The number of imide groups is 1. The van der Waals surface area contributed by atoms with Crippen molar-refractivity contribution in [2.75, 3.05) is 13.3 Å². The first kappa shape index (κ1) is 15.2. The Balaban J connectivity index is 1.47. The summed E-state index contributed by atoms with van der Waals surface area (Å²) in [6.07, 6.45) is 0.0826. The maximum absolute atomic E-state index is 12.4. The topological polar surface area (TPSA) is 82.1 Å². The lowest BCUT2D eigenvalue weighted by molar-refractivity contribution is -0.140. The minimum atomic E-state index is -0.708. The third-order valence-electron chi connectivity index (χ3n) is 4.00. The lowest BCUT2D eigenvalue weighted by Crippen LogP contribution is -2.45. The van der Waals surface area contributed by atoms with Crippen LogP contribution in [-0.4, -0.2) is 36.0 Å². The molecule has 0 bridgehead atoms. The lowest BCUT2D eigenvalue weighted by Gasteiger charge is -2.25. The van der Waals surface area contributed by atoms with Gasteiger partial charge in [0.1, 0.15) is 12.3 Å². The smallest absolute Gasteiger partial charge is 0.331 e. The number of fused-ring (bicyclic) bond motifs is 2. The molecule has 0 fully saturated rings. The summed E-state index contributed by atoms with van der Waals surface area (Å²) in [6.45, 7) is -0.330. The van der Waals surface area contributed by atoms with E-state index in [0.717, 1.165) is 4.90 Å². The van der Waals surface area contributed by atoms with Crippen molar-refractivity contribution in [2.24, 2.45) is 0 Å². The molecule has 2 amide bonds. The Kier molecular flexibility index (Phi) is 3.61. The fourth-order valence-electron chi connectivity index (χ4n) is 2.79. The maximum Gasteiger partial charge on any atom is 0.331 e. The first-order chi connectivity index (χ1) is 12.1. The fourth-order valence-corrected chi connectivity index (χ4v) is 2.79. The fraction of sp³-hybridized carbons (Fsp3) is 0.167. The van der Waals surface area contributed by atoms with E-state index in [1.165, 1.54) is 6.07 Å². The van der Waals surface area contributed by atoms with Crippen molar-refractivity contribution in [3.63, 3.8) is 0 Å². The SMILES string of the molecule is O=C(CN1C(=O)Cc2ccccc2C1=O)Oc1ccc2c(c1)OCO2. The number of carbonyl (C=O) groups excluding carboxylic acids is 3. The van der Waals surface area contributed by atoms with E-state index in [9.17, 15) is 14.4 Å². The largest absolute Gasteiger partial charge is 0.454 e. The minimum Gasteiger partial charge on any atom is -0.454 e. The van der Waals surface area contributed by atoms with Gasteiger partial charge in [-0.15, -0.1) is 0 Å². The van der Waals surface area contributed by atoms with Gasteiger partial charge in [-0.05, 0) is 23.8 Å². The highest BCUT2D eigenvalue weighted by molar-refractivity contribution is 6.11.